The predicted octanol–water partition coefficient (Wildman–Crippen LogP) is 2.15. The van der Waals surface area contributed by atoms with E-state index in [4.69, 9.17) is 5.26 Å². The Morgan fingerprint density at radius 2 is 2.43 bits per heavy atom. The Morgan fingerprint density at radius 3 is 3.07 bits per heavy atom. The Balaban J connectivity index is 2.54. The third-order valence-electron chi connectivity index (χ3n) is 3.00. The maximum Gasteiger partial charge on any atom is 0.0884 e. The number of rotatable bonds is 1. The Labute approximate surface area is 84.3 Å². The van der Waals surface area contributed by atoms with Gasteiger partial charge in [0.05, 0.1) is 23.4 Å². The van der Waals surface area contributed by atoms with Crippen LogP contribution in [0, 0.1) is 18.3 Å². The number of aryl methyl sites for hydroxylation is 2. The largest absolute Gasteiger partial charge is 0.268 e. The van der Waals surface area contributed by atoms with Crippen molar-refractivity contribution in [1.82, 2.24) is 9.78 Å². The van der Waals surface area contributed by atoms with Crippen molar-refractivity contribution < 1.29 is 0 Å². The van der Waals surface area contributed by atoms with E-state index in [1.807, 2.05) is 11.6 Å². The van der Waals surface area contributed by atoms with Gasteiger partial charge < -0.3 is 0 Å². The SMILES string of the molecule is CCn1nc(C)c2c1C(C#N)CCC2. The summed E-state index contributed by atoms with van der Waals surface area (Å²) in [5.74, 6) is 0.0694. The van der Waals surface area contributed by atoms with Gasteiger partial charge in [-0.05, 0) is 38.7 Å². The summed E-state index contributed by atoms with van der Waals surface area (Å²) in [5.41, 5.74) is 3.62. The van der Waals surface area contributed by atoms with Crippen LogP contribution >= 0.6 is 0 Å². The van der Waals surface area contributed by atoms with Gasteiger partial charge in [-0.2, -0.15) is 10.4 Å². The van der Waals surface area contributed by atoms with Gasteiger partial charge in [-0.25, -0.2) is 0 Å². The zero-order valence-corrected chi connectivity index (χ0v) is 8.75. The first-order valence-electron chi connectivity index (χ1n) is 5.23. The van der Waals surface area contributed by atoms with E-state index in [1.165, 1.54) is 11.3 Å². The van der Waals surface area contributed by atoms with Crippen LogP contribution in [0.5, 0.6) is 0 Å². The van der Waals surface area contributed by atoms with Gasteiger partial charge >= 0.3 is 0 Å². The van der Waals surface area contributed by atoms with E-state index in [-0.39, 0.29) is 5.92 Å². The van der Waals surface area contributed by atoms with Crippen molar-refractivity contribution in [1.29, 1.82) is 5.26 Å². The summed E-state index contributed by atoms with van der Waals surface area (Å²) in [6.45, 7) is 4.99. The van der Waals surface area contributed by atoms with Gasteiger partial charge in [0.1, 0.15) is 0 Å². The zero-order valence-electron chi connectivity index (χ0n) is 8.75. The fourth-order valence-corrected chi connectivity index (χ4v) is 2.32. The first kappa shape index (κ1) is 9.26. The first-order valence-corrected chi connectivity index (χ1v) is 5.23. The fourth-order valence-electron chi connectivity index (χ4n) is 2.32. The molecule has 3 heteroatoms. The molecule has 1 unspecified atom stereocenters. The van der Waals surface area contributed by atoms with Crippen LogP contribution in [0.3, 0.4) is 0 Å². The molecule has 0 aromatic carbocycles. The van der Waals surface area contributed by atoms with Gasteiger partial charge in [0, 0.05) is 6.54 Å². The summed E-state index contributed by atoms with van der Waals surface area (Å²) < 4.78 is 2.00. The van der Waals surface area contributed by atoms with Crippen LogP contribution < -0.4 is 0 Å². The lowest BCUT2D eigenvalue weighted by atomic mass is 9.87. The van der Waals surface area contributed by atoms with Crippen molar-refractivity contribution in [3.05, 3.63) is 17.0 Å². The molecule has 0 amide bonds. The molecule has 0 saturated heterocycles. The van der Waals surface area contributed by atoms with Crippen molar-refractivity contribution in [2.75, 3.05) is 0 Å². The maximum atomic E-state index is 9.08. The van der Waals surface area contributed by atoms with Crippen LogP contribution in [0.15, 0.2) is 0 Å². The molecule has 74 valence electrons. The van der Waals surface area contributed by atoms with E-state index < -0.39 is 0 Å². The molecule has 1 aromatic heterocycles. The minimum Gasteiger partial charge on any atom is -0.268 e. The Bertz CT molecular complexity index is 384. The van der Waals surface area contributed by atoms with Crippen molar-refractivity contribution in [2.45, 2.75) is 45.6 Å². The maximum absolute atomic E-state index is 9.08. The van der Waals surface area contributed by atoms with Crippen LogP contribution in [0.4, 0.5) is 0 Å². The minimum atomic E-state index is 0.0694. The van der Waals surface area contributed by atoms with Gasteiger partial charge in [-0.1, -0.05) is 0 Å². The lowest BCUT2D eigenvalue weighted by Gasteiger charge is -2.18. The smallest absolute Gasteiger partial charge is 0.0884 e. The lowest BCUT2D eigenvalue weighted by Crippen LogP contribution is -2.13. The third kappa shape index (κ3) is 1.22. The average Bonchev–Trinajstić information content (AvgIpc) is 2.56. The molecular formula is C11H15N3. The quantitative estimate of drug-likeness (QED) is 0.679. The van der Waals surface area contributed by atoms with Crippen LogP contribution in [-0.4, -0.2) is 9.78 Å². The molecule has 1 atom stereocenters. The van der Waals surface area contributed by atoms with E-state index >= 15 is 0 Å². The molecular weight excluding hydrogens is 174 g/mol. The summed E-state index contributed by atoms with van der Waals surface area (Å²) in [4.78, 5) is 0. The van der Waals surface area contributed by atoms with Crippen molar-refractivity contribution in [3.8, 4) is 6.07 Å². The number of nitriles is 1. The molecule has 0 radical (unpaired) electrons. The molecule has 14 heavy (non-hydrogen) atoms. The molecule has 1 aliphatic carbocycles. The molecule has 1 aliphatic rings. The standard InChI is InChI=1S/C11H15N3/c1-3-14-11-9(7-12)5-4-6-10(11)8(2)13-14/h9H,3-6H2,1-2H3. The number of hydrogen-bond acceptors (Lipinski definition) is 2. The average molecular weight is 189 g/mol. The monoisotopic (exact) mass is 189 g/mol. The van der Waals surface area contributed by atoms with Gasteiger partial charge in [0.25, 0.3) is 0 Å². The molecule has 0 spiro atoms. The van der Waals surface area contributed by atoms with Crippen LogP contribution in [-0.2, 0) is 13.0 Å². The van der Waals surface area contributed by atoms with Gasteiger partial charge in [-0.3, -0.25) is 4.68 Å². The lowest BCUT2D eigenvalue weighted by molar-refractivity contribution is 0.552. The molecule has 0 saturated carbocycles. The third-order valence-corrected chi connectivity index (χ3v) is 3.00. The summed E-state index contributed by atoms with van der Waals surface area (Å²) >= 11 is 0. The molecule has 0 bridgehead atoms. The Morgan fingerprint density at radius 1 is 1.64 bits per heavy atom. The highest BCUT2D eigenvalue weighted by Crippen LogP contribution is 2.32. The van der Waals surface area contributed by atoms with Crippen molar-refractivity contribution >= 4 is 0 Å². The summed E-state index contributed by atoms with van der Waals surface area (Å²) in [6.07, 6.45) is 3.22. The highest BCUT2D eigenvalue weighted by Gasteiger charge is 2.26. The van der Waals surface area contributed by atoms with Crippen LogP contribution in [0.1, 0.15) is 42.6 Å². The summed E-state index contributed by atoms with van der Waals surface area (Å²) in [7, 11) is 0. The highest BCUT2D eigenvalue weighted by molar-refractivity contribution is 5.34. The second-order valence-corrected chi connectivity index (χ2v) is 3.84. The van der Waals surface area contributed by atoms with Gasteiger partial charge in [0.15, 0.2) is 0 Å². The molecule has 0 N–H and O–H groups in total. The molecule has 3 nitrogen and oxygen atoms in total. The Hall–Kier alpha value is -1.30. The van der Waals surface area contributed by atoms with E-state index in [0.717, 1.165) is 31.5 Å². The Kier molecular flexibility index (Phi) is 2.28. The first-order chi connectivity index (χ1) is 6.77. The number of hydrogen-bond donors (Lipinski definition) is 0. The summed E-state index contributed by atoms with van der Waals surface area (Å²) in [6, 6.07) is 2.39. The predicted molar refractivity (Wildman–Crippen MR) is 53.9 cm³/mol. The van der Waals surface area contributed by atoms with E-state index in [9.17, 15) is 0 Å². The number of nitrogens with zero attached hydrogens (tertiary/aromatic N) is 3. The van der Waals surface area contributed by atoms with E-state index in [2.05, 4.69) is 18.1 Å². The normalized spacial score (nSPS) is 20.2. The fraction of sp³-hybridized carbons (Fsp3) is 0.636. The topological polar surface area (TPSA) is 41.6 Å². The van der Waals surface area contributed by atoms with Gasteiger partial charge in [0.2, 0.25) is 0 Å². The zero-order chi connectivity index (χ0) is 10.1. The molecule has 1 aromatic rings. The van der Waals surface area contributed by atoms with Gasteiger partial charge in [-0.15, -0.1) is 0 Å². The van der Waals surface area contributed by atoms with Crippen LogP contribution in [0.2, 0.25) is 0 Å². The summed E-state index contributed by atoms with van der Waals surface area (Å²) in [5, 5.41) is 13.6. The van der Waals surface area contributed by atoms with Crippen molar-refractivity contribution in [2.24, 2.45) is 0 Å². The molecule has 0 fully saturated rings. The minimum absolute atomic E-state index is 0.0694. The highest BCUT2D eigenvalue weighted by atomic mass is 15.3. The second-order valence-electron chi connectivity index (χ2n) is 3.84. The molecule has 2 rings (SSSR count). The number of aromatic nitrogens is 2. The van der Waals surface area contributed by atoms with Crippen LogP contribution in [0.25, 0.3) is 0 Å². The van der Waals surface area contributed by atoms with E-state index in [0.29, 0.717) is 0 Å². The molecule has 0 aliphatic heterocycles. The number of fused-ring (bicyclic) bond motifs is 1. The molecule has 1 heterocycles. The second kappa shape index (κ2) is 3.45. The van der Waals surface area contributed by atoms with Crippen molar-refractivity contribution in [3.63, 3.8) is 0 Å². The van der Waals surface area contributed by atoms with E-state index in [1.54, 1.807) is 0 Å².